The molecule has 1 aliphatic rings. The number of carbonyl (C=O) groups is 1. The number of rotatable bonds is 3. The van der Waals surface area contributed by atoms with E-state index in [1.54, 1.807) is 12.3 Å². The first-order valence-corrected chi connectivity index (χ1v) is 5.61. The van der Waals surface area contributed by atoms with Crippen molar-refractivity contribution in [1.82, 2.24) is 4.98 Å². The minimum absolute atomic E-state index is 0.219. The van der Waals surface area contributed by atoms with Crippen molar-refractivity contribution in [3.63, 3.8) is 0 Å². The Morgan fingerprint density at radius 3 is 2.87 bits per heavy atom. The zero-order valence-corrected chi connectivity index (χ0v) is 9.62. The minimum Gasteiger partial charge on any atom is -0.478 e. The third kappa shape index (κ3) is 2.28. The van der Waals surface area contributed by atoms with Gasteiger partial charge < -0.3 is 10.4 Å². The summed E-state index contributed by atoms with van der Waals surface area (Å²) in [4.78, 5) is 15.0. The van der Waals surface area contributed by atoms with Crippen LogP contribution in [0, 0.1) is 0 Å². The van der Waals surface area contributed by atoms with Gasteiger partial charge >= 0.3 is 5.97 Å². The fourth-order valence-corrected chi connectivity index (χ4v) is 1.79. The summed E-state index contributed by atoms with van der Waals surface area (Å²) < 4.78 is 0.680. The molecule has 0 aliphatic heterocycles. The second-order valence-electron chi connectivity index (χ2n) is 3.63. The van der Waals surface area contributed by atoms with Crippen LogP contribution < -0.4 is 5.32 Å². The highest BCUT2D eigenvalue weighted by atomic mass is 79.9. The predicted octanol–water partition coefficient (Wildman–Crippen LogP) is 2.51. The van der Waals surface area contributed by atoms with E-state index in [-0.39, 0.29) is 5.56 Å². The summed E-state index contributed by atoms with van der Waals surface area (Å²) >= 11 is 3.21. The van der Waals surface area contributed by atoms with Crippen molar-refractivity contribution < 1.29 is 9.90 Å². The number of aromatic carboxylic acids is 1. The molecule has 1 aromatic heterocycles. The number of aromatic nitrogens is 1. The zero-order valence-electron chi connectivity index (χ0n) is 8.03. The van der Waals surface area contributed by atoms with Crippen LogP contribution in [0.15, 0.2) is 16.7 Å². The molecule has 1 heterocycles. The van der Waals surface area contributed by atoms with Gasteiger partial charge in [-0.25, -0.2) is 9.78 Å². The number of nitrogens with zero attached hydrogens (tertiary/aromatic N) is 1. The number of anilines is 1. The van der Waals surface area contributed by atoms with Gasteiger partial charge in [-0.15, -0.1) is 0 Å². The van der Waals surface area contributed by atoms with Gasteiger partial charge in [0.05, 0.1) is 0 Å². The molecule has 0 aromatic carbocycles. The average molecular weight is 271 g/mol. The maximum absolute atomic E-state index is 11.0. The van der Waals surface area contributed by atoms with E-state index < -0.39 is 5.97 Å². The van der Waals surface area contributed by atoms with Gasteiger partial charge in [0.15, 0.2) is 0 Å². The highest BCUT2D eigenvalue weighted by Gasteiger charge is 2.20. The molecular weight excluding hydrogens is 260 g/mol. The van der Waals surface area contributed by atoms with Crippen molar-refractivity contribution in [2.45, 2.75) is 25.3 Å². The van der Waals surface area contributed by atoms with Gasteiger partial charge in [-0.3, -0.25) is 0 Å². The van der Waals surface area contributed by atoms with Gasteiger partial charge in [0.25, 0.3) is 0 Å². The quantitative estimate of drug-likeness (QED) is 0.886. The fraction of sp³-hybridized carbons (Fsp3) is 0.400. The van der Waals surface area contributed by atoms with Crippen molar-refractivity contribution in [1.29, 1.82) is 0 Å². The Hall–Kier alpha value is -1.10. The first-order valence-electron chi connectivity index (χ1n) is 4.82. The van der Waals surface area contributed by atoms with Crippen LogP contribution >= 0.6 is 15.9 Å². The van der Waals surface area contributed by atoms with Gasteiger partial charge in [0.1, 0.15) is 11.4 Å². The van der Waals surface area contributed by atoms with E-state index in [1.165, 1.54) is 6.42 Å². The van der Waals surface area contributed by atoms with Crippen molar-refractivity contribution in [3.05, 3.63) is 22.3 Å². The molecule has 15 heavy (non-hydrogen) atoms. The number of nitrogens with one attached hydrogen (secondary N) is 1. The lowest BCUT2D eigenvalue weighted by atomic mass is 9.93. The van der Waals surface area contributed by atoms with E-state index in [1.807, 2.05) is 0 Å². The second-order valence-corrected chi connectivity index (χ2v) is 4.54. The number of hydrogen-bond acceptors (Lipinski definition) is 3. The first-order chi connectivity index (χ1) is 7.16. The molecule has 0 radical (unpaired) electrons. The molecule has 0 bridgehead atoms. The van der Waals surface area contributed by atoms with Gasteiger partial charge in [-0.05, 0) is 41.3 Å². The predicted molar refractivity (Wildman–Crippen MR) is 60.2 cm³/mol. The lowest BCUT2D eigenvalue weighted by Gasteiger charge is -2.27. The zero-order chi connectivity index (χ0) is 10.8. The highest BCUT2D eigenvalue weighted by Crippen LogP contribution is 2.25. The summed E-state index contributed by atoms with van der Waals surface area (Å²) in [5, 5.41) is 12.1. The lowest BCUT2D eigenvalue weighted by Crippen LogP contribution is -2.28. The molecular formula is C10H11BrN2O2. The first kappa shape index (κ1) is 10.4. The van der Waals surface area contributed by atoms with Crippen LogP contribution in [0.5, 0.6) is 0 Å². The highest BCUT2D eigenvalue weighted by molar-refractivity contribution is 9.10. The number of carboxylic acids is 1. The molecule has 4 nitrogen and oxygen atoms in total. The number of carboxylic acid groups (broad SMARTS) is 1. The lowest BCUT2D eigenvalue weighted by molar-refractivity contribution is 0.0697. The Bertz CT molecular complexity index is 391. The fourth-order valence-electron chi connectivity index (χ4n) is 1.46. The van der Waals surface area contributed by atoms with Gasteiger partial charge in [-0.2, -0.15) is 0 Å². The molecule has 0 atom stereocenters. The topological polar surface area (TPSA) is 62.2 Å². The Kier molecular flexibility index (Phi) is 2.90. The molecule has 80 valence electrons. The Labute approximate surface area is 95.8 Å². The van der Waals surface area contributed by atoms with Crippen LogP contribution in [0.1, 0.15) is 29.6 Å². The van der Waals surface area contributed by atoms with Crippen LogP contribution in [-0.2, 0) is 0 Å². The van der Waals surface area contributed by atoms with Crippen LogP contribution in [0.4, 0.5) is 5.82 Å². The third-order valence-electron chi connectivity index (χ3n) is 2.53. The minimum atomic E-state index is -0.953. The molecule has 1 saturated carbocycles. The van der Waals surface area contributed by atoms with E-state index in [0.29, 0.717) is 16.3 Å². The van der Waals surface area contributed by atoms with Gasteiger partial charge in [-0.1, -0.05) is 0 Å². The molecule has 0 saturated heterocycles. The molecule has 0 unspecified atom stereocenters. The van der Waals surface area contributed by atoms with Crippen molar-refractivity contribution in [2.75, 3.05) is 5.32 Å². The van der Waals surface area contributed by atoms with Gasteiger partial charge in [0.2, 0.25) is 0 Å². The Balaban J connectivity index is 2.23. The average Bonchev–Trinajstić information content (AvgIpc) is 2.12. The normalized spacial score (nSPS) is 15.8. The van der Waals surface area contributed by atoms with Crippen LogP contribution in [0.3, 0.4) is 0 Å². The molecule has 0 spiro atoms. The van der Waals surface area contributed by atoms with Gasteiger partial charge in [0, 0.05) is 16.7 Å². The van der Waals surface area contributed by atoms with E-state index in [0.717, 1.165) is 12.8 Å². The molecule has 0 amide bonds. The van der Waals surface area contributed by atoms with Crippen LogP contribution in [0.25, 0.3) is 0 Å². The molecule has 2 N–H and O–H groups in total. The monoisotopic (exact) mass is 270 g/mol. The second kappa shape index (κ2) is 4.18. The molecule has 1 aromatic rings. The molecule has 1 aliphatic carbocycles. The van der Waals surface area contributed by atoms with Crippen molar-refractivity contribution >= 4 is 27.7 Å². The van der Waals surface area contributed by atoms with E-state index >= 15 is 0 Å². The maximum Gasteiger partial charge on any atom is 0.339 e. The summed E-state index contributed by atoms with van der Waals surface area (Å²) in [5.74, 6) is -0.485. The van der Waals surface area contributed by atoms with E-state index in [4.69, 9.17) is 5.11 Å². The summed E-state index contributed by atoms with van der Waals surface area (Å²) in [6.45, 7) is 0. The number of halogens is 1. The van der Waals surface area contributed by atoms with Crippen LogP contribution in [0.2, 0.25) is 0 Å². The summed E-state index contributed by atoms with van der Waals surface area (Å²) in [6.07, 6.45) is 5.00. The summed E-state index contributed by atoms with van der Waals surface area (Å²) in [6, 6.07) is 1.95. The molecule has 5 heteroatoms. The number of pyridine rings is 1. The molecule has 1 fully saturated rings. The summed E-state index contributed by atoms with van der Waals surface area (Å²) in [5.41, 5.74) is 0.219. The smallest absolute Gasteiger partial charge is 0.339 e. The standard InChI is InChI=1S/C10H11BrN2O2/c11-6-4-8(10(14)15)9(12-5-6)13-7-2-1-3-7/h4-5,7H,1-3H2,(H,12,13)(H,14,15). The maximum atomic E-state index is 11.0. The van der Waals surface area contributed by atoms with Crippen molar-refractivity contribution in [2.24, 2.45) is 0 Å². The van der Waals surface area contributed by atoms with Crippen LogP contribution in [-0.4, -0.2) is 22.1 Å². The summed E-state index contributed by atoms with van der Waals surface area (Å²) in [7, 11) is 0. The third-order valence-corrected chi connectivity index (χ3v) is 2.96. The molecule has 2 rings (SSSR count). The largest absolute Gasteiger partial charge is 0.478 e. The van der Waals surface area contributed by atoms with E-state index in [9.17, 15) is 4.79 Å². The van der Waals surface area contributed by atoms with Crippen molar-refractivity contribution in [3.8, 4) is 0 Å². The number of hydrogen-bond donors (Lipinski definition) is 2. The Morgan fingerprint density at radius 1 is 1.60 bits per heavy atom. The van der Waals surface area contributed by atoms with E-state index in [2.05, 4.69) is 26.2 Å². The SMILES string of the molecule is O=C(O)c1cc(Br)cnc1NC1CCC1. The Morgan fingerprint density at radius 2 is 2.33 bits per heavy atom.